The van der Waals surface area contributed by atoms with Gasteiger partial charge in [-0.25, -0.2) is 9.37 Å². The molecule has 25 heavy (non-hydrogen) atoms. The molecule has 2 aromatic rings. The lowest BCUT2D eigenvalue weighted by atomic mass is 10.00. The molecule has 0 aromatic carbocycles. The fraction of sp³-hybridized carbons (Fsp3) is 0.421. The van der Waals surface area contributed by atoms with Gasteiger partial charge in [-0.1, -0.05) is 0 Å². The van der Waals surface area contributed by atoms with Crippen LogP contribution in [0.15, 0.2) is 30.7 Å². The van der Waals surface area contributed by atoms with E-state index in [0.717, 1.165) is 49.7 Å². The Labute approximate surface area is 146 Å². The minimum absolute atomic E-state index is 0.204. The number of nitrogens with zero attached hydrogens (tertiary/aromatic N) is 4. The average Bonchev–Trinajstić information content (AvgIpc) is 3.03. The van der Waals surface area contributed by atoms with Crippen LogP contribution in [0.5, 0.6) is 0 Å². The molecule has 1 fully saturated rings. The summed E-state index contributed by atoms with van der Waals surface area (Å²) >= 11 is 0. The maximum absolute atomic E-state index is 13.8. The van der Waals surface area contributed by atoms with Crippen molar-refractivity contribution in [1.29, 1.82) is 0 Å². The molecule has 0 amide bonds. The monoisotopic (exact) mass is 340 g/mol. The standard InChI is InChI=1S/C19H21FN4O/c1-24(12-13-4-6-25-7-5-13)19-11-21-10-18(23-19)14-8-15-16(20)2-3-17(15)22-9-14/h2,8-11,13H,3-7,12H2,1H3. The third-order valence-corrected chi connectivity index (χ3v) is 4.88. The molecule has 3 heterocycles. The second-order valence-electron chi connectivity index (χ2n) is 6.67. The summed E-state index contributed by atoms with van der Waals surface area (Å²) in [6.45, 7) is 2.61. The maximum atomic E-state index is 13.8. The predicted octanol–water partition coefficient (Wildman–Crippen LogP) is 3.27. The molecule has 6 heteroatoms. The van der Waals surface area contributed by atoms with Gasteiger partial charge in [0.1, 0.15) is 11.6 Å². The Kier molecular flexibility index (Phi) is 4.44. The summed E-state index contributed by atoms with van der Waals surface area (Å²) in [5.74, 6) is 1.23. The first-order chi connectivity index (χ1) is 12.2. The highest BCUT2D eigenvalue weighted by Crippen LogP contribution is 2.30. The SMILES string of the molecule is CN(CC1CCOCC1)c1cncc(-c2cnc3c(c2)C(F)=CC3)n1. The Balaban J connectivity index is 1.55. The third kappa shape index (κ3) is 3.39. The Morgan fingerprint density at radius 2 is 2.08 bits per heavy atom. The first-order valence-corrected chi connectivity index (χ1v) is 8.67. The van der Waals surface area contributed by atoms with E-state index in [9.17, 15) is 4.39 Å². The molecule has 1 aliphatic carbocycles. The van der Waals surface area contributed by atoms with Crippen molar-refractivity contribution in [3.05, 3.63) is 42.0 Å². The van der Waals surface area contributed by atoms with Crippen LogP contribution in [0.4, 0.5) is 10.2 Å². The van der Waals surface area contributed by atoms with E-state index in [2.05, 4.69) is 14.9 Å². The molecule has 5 nitrogen and oxygen atoms in total. The van der Waals surface area contributed by atoms with E-state index in [1.54, 1.807) is 24.7 Å². The topological polar surface area (TPSA) is 51.1 Å². The van der Waals surface area contributed by atoms with E-state index < -0.39 is 0 Å². The van der Waals surface area contributed by atoms with Crippen LogP contribution in [0.1, 0.15) is 24.1 Å². The van der Waals surface area contributed by atoms with Crippen LogP contribution in [-0.4, -0.2) is 41.8 Å². The molecular weight excluding hydrogens is 319 g/mol. The van der Waals surface area contributed by atoms with Crippen molar-refractivity contribution in [2.75, 3.05) is 31.7 Å². The highest BCUT2D eigenvalue weighted by Gasteiger charge is 2.19. The zero-order chi connectivity index (χ0) is 17.2. The van der Waals surface area contributed by atoms with Crippen LogP contribution in [0, 0.1) is 5.92 Å². The van der Waals surface area contributed by atoms with Gasteiger partial charge in [0.25, 0.3) is 0 Å². The van der Waals surface area contributed by atoms with Crippen LogP contribution in [-0.2, 0) is 11.2 Å². The van der Waals surface area contributed by atoms with E-state index in [4.69, 9.17) is 9.72 Å². The molecule has 0 spiro atoms. The number of anilines is 1. The molecule has 0 N–H and O–H groups in total. The number of rotatable bonds is 4. The molecule has 130 valence electrons. The van der Waals surface area contributed by atoms with Gasteiger partial charge in [0.15, 0.2) is 0 Å². The lowest BCUT2D eigenvalue weighted by molar-refractivity contribution is 0.0685. The molecule has 1 aliphatic heterocycles. The van der Waals surface area contributed by atoms with Gasteiger partial charge in [-0.05, 0) is 30.9 Å². The molecule has 2 aliphatic rings. The maximum Gasteiger partial charge on any atom is 0.147 e. The normalized spacial score (nSPS) is 17.3. The molecule has 0 atom stereocenters. The second-order valence-corrected chi connectivity index (χ2v) is 6.67. The summed E-state index contributed by atoms with van der Waals surface area (Å²) in [4.78, 5) is 15.5. The molecule has 0 bridgehead atoms. The average molecular weight is 340 g/mol. The fourth-order valence-corrected chi connectivity index (χ4v) is 3.39. The Hall–Kier alpha value is -2.34. The quantitative estimate of drug-likeness (QED) is 0.855. The first-order valence-electron chi connectivity index (χ1n) is 8.67. The highest BCUT2D eigenvalue weighted by atomic mass is 19.1. The minimum atomic E-state index is -0.204. The zero-order valence-electron chi connectivity index (χ0n) is 14.3. The van der Waals surface area contributed by atoms with Crippen molar-refractivity contribution in [1.82, 2.24) is 15.0 Å². The van der Waals surface area contributed by atoms with Crippen LogP contribution < -0.4 is 4.90 Å². The van der Waals surface area contributed by atoms with Crippen LogP contribution in [0.3, 0.4) is 0 Å². The number of aromatic nitrogens is 3. The number of allylic oxidation sites excluding steroid dienone is 1. The van der Waals surface area contributed by atoms with Crippen LogP contribution in [0.2, 0.25) is 0 Å². The van der Waals surface area contributed by atoms with E-state index in [1.807, 2.05) is 13.1 Å². The number of ether oxygens (including phenoxy) is 1. The lowest BCUT2D eigenvalue weighted by Crippen LogP contribution is -2.30. The van der Waals surface area contributed by atoms with E-state index in [1.165, 1.54) is 0 Å². The largest absolute Gasteiger partial charge is 0.381 e. The minimum Gasteiger partial charge on any atom is -0.381 e. The third-order valence-electron chi connectivity index (χ3n) is 4.88. The van der Waals surface area contributed by atoms with Crippen molar-refractivity contribution in [2.24, 2.45) is 5.92 Å². The van der Waals surface area contributed by atoms with Gasteiger partial charge in [-0.3, -0.25) is 9.97 Å². The van der Waals surface area contributed by atoms with Crippen molar-refractivity contribution in [2.45, 2.75) is 19.3 Å². The van der Waals surface area contributed by atoms with Crippen LogP contribution in [0.25, 0.3) is 17.1 Å². The number of fused-ring (bicyclic) bond motifs is 1. The number of hydrogen-bond donors (Lipinski definition) is 0. The molecule has 4 rings (SSSR count). The Morgan fingerprint density at radius 1 is 1.24 bits per heavy atom. The van der Waals surface area contributed by atoms with Gasteiger partial charge in [0.05, 0.1) is 23.8 Å². The van der Waals surface area contributed by atoms with Gasteiger partial charge in [0.2, 0.25) is 0 Å². The van der Waals surface area contributed by atoms with E-state index >= 15 is 0 Å². The molecule has 0 saturated carbocycles. The van der Waals surface area contributed by atoms with Crippen molar-refractivity contribution >= 4 is 11.6 Å². The number of halogens is 1. The lowest BCUT2D eigenvalue weighted by Gasteiger charge is -2.27. The first kappa shape index (κ1) is 16.1. The van der Waals surface area contributed by atoms with Gasteiger partial charge in [-0.15, -0.1) is 0 Å². The molecule has 1 saturated heterocycles. The predicted molar refractivity (Wildman–Crippen MR) is 94.9 cm³/mol. The molecule has 0 unspecified atom stereocenters. The molecular formula is C19H21FN4O. The highest BCUT2D eigenvalue weighted by molar-refractivity contribution is 5.71. The Morgan fingerprint density at radius 3 is 2.92 bits per heavy atom. The smallest absolute Gasteiger partial charge is 0.147 e. The van der Waals surface area contributed by atoms with Gasteiger partial charge in [-0.2, -0.15) is 0 Å². The van der Waals surface area contributed by atoms with Crippen molar-refractivity contribution in [3.63, 3.8) is 0 Å². The van der Waals surface area contributed by atoms with Crippen molar-refractivity contribution in [3.8, 4) is 11.3 Å². The number of hydrogen-bond acceptors (Lipinski definition) is 5. The van der Waals surface area contributed by atoms with E-state index in [0.29, 0.717) is 23.6 Å². The zero-order valence-corrected chi connectivity index (χ0v) is 14.3. The summed E-state index contributed by atoms with van der Waals surface area (Å²) in [6, 6.07) is 1.81. The van der Waals surface area contributed by atoms with Gasteiger partial charge in [0, 0.05) is 50.6 Å². The summed E-state index contributed by atoms with van der Waals surface area (Å²) in [6.07, 6.45) is 9.50. The molecule has 0 radical (unpaired) electrons. The summed E-state index contributed by atoms with van der Waals surface area (Å²) < 4.78 is 19.3. The fourth-order valence-electron chi connectivity index (χ4n) is 3.39. The second kappa shape index (κ2) is 6.88. The van der Waals surface area contributed by atoms with Crippen LogP contribution >= 0.6 is 0 Å². The van der Waals surface area contributed by atoms with Gasteiger partial charge >= 0.3 is 0 Å². The summed E-state index contributed by atoms with van der Waals surface area (Å²) in [7, 11) is 2.03. The summed E-state index contributed by atoms with van der Waals surface area (Å²) in [5, 5.41) is 0. The molecule has 2 aromatic heterocycles. The van der Waals surface area contributed by atoms with E-state index in [-0.39, 0.29) is 5.83 Å². The summed E-state index contributed by atoms with van der Waals surface area (Å²) in [5.41, 5.74) is 2.85. The van der Waals surface area contributed by atoms with Gasteiger partial charge < -0.3 is 9.64 Å². The Bertz CT molecular complexity index is 802. The number of pyridine rings is 1. The van der Waals surface area contributed by atoms with Crippen molar-refractivity contribution < 1.29 is 9.13 Å².